The Morgan fingerprint density at radius 3 is 2.58 bits per heavy atom. The maximum Gasteiger partial charge on any atom is 0.407 e. The first-order valence-corrected chi connectivity index (χ1v) is 6.88. The number of amides is 1. The van der Waals surface area contributed by atoms with Gasteiger partial charge in [0, 0.05) is 6.08 Å². The van der Waals surface area contributed by atoms with Gasteiger partial charge in [-0.15, -0.1) is 0 Å². The zero-order valence-corrected chi connectivity index (χ0v) is 11.6. The van der Waals surface area contributed by atoms with E-state index in [1.165, 1.54) is 6.42 Å². The van der Waals surface area contributed by atoms with Gasteiger partial charge >= 0.3 is 12.1 Å². The van der Waals surface area contributed by atoms with E-state index in [1.54, 1.807) is 0 Å². The summed E-state index contributed by atoms with van der Waals surface area (Å²) in [6.07, 6.45) is 6.79. The Morgan fingerprint density at radius 2 is 2.00 bits per heavy atom. The van der Waals surface area contributed by atoms with E-state index in [0.717, 1.165) is 38.2 Å². The molecule has 0 radical (unpaired) electrons. The van der Waals surface area contributed by atoms with Crippen molar-refractivity contribution >= 4 is 12.1 Å². The number of esters is 1. The first-order chi connectivity index (χ1) is 9.12. The van der Waals surface area contributed by atoms with Gasteiger partial charge in [0.25, 0.3) is 0 Å². The molecule has 5 heteroatoms. The second kappa shape index (κ2) is 7.81. The van der Waals surface area contributed by atoms with Gasteiger partial charge in [0.1, 0.15) is 12.2 Å². The van der Waals surface area contributed by atoms with Crippen molar-refractivity contribution < 1.29 is 19.1 Å². The highest BCUT2D eigenvalue weighted by atomic mass is 16.6. The van der Waals surface area contributed by atoms with E-state index in [2.05, 4.69) is 11.9 Å². The number of alkyl carbamates (subject to hydrolysis) is 1. The van der Waals surface area contributed by atoms with Gasteiger partial charge in [0.2, 0.25) is 0 Å². The summed E-state index contributed by atoms with van der Waals surface area (Å²) in [4.78, 5) is 22.5. The van der Waals surface area contributed by atoms with Crippen LogP contribution in [0.15, 0.2) is 12.7 Å². The molecule has 1 aliphatic rings. The number of ether oxygens (including phenoxy) is 2. The fourth-order valence-corrected chi connectivity index (χ4v) is 2.32. The minimum absolute atomic E-state index is 0.124. The SMILES string of the molecule is C=CC(=O)OCCNC(=O)OC1(CC)CCCCC1. The molecule has 19 heavy (non-hydrogen) atoms. The van der Waals surface area contributed by atoms with Gasteiger partial charge in [-0.05, 0) is 32.1 Å². The third kappa shape index (κ3) is 5.32. The molecule has 0 aromatic heterocycles. The van der Waals surface area contributed by atoms with Crippen molar-refractivity contribution in [2.75, 3.05) is 13.2 Å². The average molecular weight is 269 g/mol. The molecule has 108 valence electrons. The van der Waals surface area contributed by atoms with Crippen molar-refractivity contribution in [2.45, 2.75) is 51.0 Å². The van der Waals surface area contributed by atoms with Gasteiger partial charge in [0.15, 0.2) is 0 Å². The fraction of sp³-hybridized carbons (Fsp3) is 0.714. The third-order valence-electron chi connectivity index (χ3n) is 3.50. The van der Waals surface area contributed by atoms with Crippen LogP contribution in [0.1, 0.15) is 45.4 Å². The summed E-state index contributed by atoms with van der Waals surface area (Å²) in [5.74, 6) is -0.493. The van der Waals surface area contributed by atoms with Crippen LogP contribution in [0.5, 0.6) is 0 Å². The predicted molar refractivity (Wildman–Crippen MR) is 71.7 cm³/mol. The lowest BCUT2D eigenvalue weighted by Gasteiger charge is -2.35. The Kier molecular flexibility index (Phi) is 6.39. The Morgan fingerprint density at radius 1 is 1.32 bits per heavy atom. The van der Waals surface area contributed by atoms with E-state index in [0.29, 0.717) is 0 Å². The van der Waals surface area contributed by atoms with Gasteiger partial charge in [0.05, 0.1) is 6.54 Å². The van der Waals surface area contributed by atoms with Crippen molar-refractivity contribution in [1.82, 2.24) is 5.32 Å². The summed E-state index contributed by atoms with van der Waals surface area (Å²) in [6.45, 7) is 5.70. The molecule has 0 aromatic rings. The van der Waals surface area contributed by atoms with Crippen LogP contribution >= 0.6 is 0 Å². The molecule has 1 aliphatic carbocycles. The zero-order valence-electron chi connectivity index (χ0n) is 11.6. The lowest BCUT2D eigenvalue weighted by molar-refractivity contribution is -0.137. The van der Waals surface area contributed by atoms with Crippen LogP contribution in [-0.2, 0) is 14.3 Å². The molecule has 1 rings (SSSR count). The van der Waals surface area contributed by atoms with Crippen molar-refractivity contribution in [1.29, 1.82) is 0 Å². The summed E-state index contributed by atoms with van der Waals surface area (Å²) in [6, 6.07) is 0. The lowest BCUT2D eigenvalue weighted by atomic mass is 9.83. The summed E-state index contributed by atoms with van der Waals surface area (Å²) < 4.78 is 10.3. The van der Waals surface area contributed by atoms with Crippen molar-refractivity contribution in [2.24, 2.45) is 0 Å². The van der Waals surface area contributed by atoms with Gasteiger partial charge in [-0.1, -0.05) is 19.9 Å². The molecule has 1 fully saturated rings. The maximum absolute atomic E-state index is 11.7. The van der Waals surface area contributed by atoms with Crippen molar-refractivity contribution in [3.63, 3.8) is 0 Å². The number of hydrogen-bond acceptors (Lipinski definition) is 4. The zero-order chi connectivity index (χ0) is 14.1. The first-order valence-electron chi connectivity index (χ1n) is 6.88. The molecule has 0 spiro atoms. The maximum atomic E-state index is 11.7. The van der Waals surface area contributed by atoms with E-state index in [1.807, 2.05) is 6.92 Å². The van der Waals surface area contributed by atoms with Gasteiger partial charge < -0.3 is 14.8 Å². The van der Waals surface area contributed by atoms with Crippen LogP contribution in [0, 0.1) is 0 Å². The normalized spacial score (nSPS) is 17.3. The van der Waals surface area contributed by atoms with Gasteiger partial charge in [-0.25, -0.2) is 9.59 Å². The highest BCUT2D eigenvalue weighted by Gasteiger charge is 2.33. The minimum atomic E-state index is -0.493. The number of carbonyl (C=O) groups excluding carboxylic acids is 2. The third-order valence-corrected chi connectivity index (χ3v) is 3.50. The Labute approximate surface area is 114 Å². The largest absolute Gasteiger partial charge is 0.461 e. The van der Waals surface area contributed by atoms with Crippen LogP contribution in [0.2, 0.25) is 0 Å². The molecule has 0 aromatic carbocycles. The van der Waals surface area contributed by atoms with Gasteiger partial charge in [-0.2, -0.15) is 0 Å². The molecule has 0 saturated heterocycles. The van der Waals surface area contributed by atoms with Gasteiger partial charge in [-0.3, -0.25) is 0 Å². The van der Waals surface area contributed by atoms with Crippen LogP contribution in [0.25, 0.3) is 0 Å². The van der Waals surface area contributed by atoms with E-state index in [9.17, 15) is 9.59 Å². The lowest BCUT2D eigenvalue weighted by Crippen LogP contribution is -2.41. The second-order valence-corrected chi connectivity index (χ2v) is 4.79. The molecule has 0 atom stereocenters. The Balaban J connectivity index is 2.25. The summed E-state index contributed by atoms with van der Waals surface area (Å²) in [7, 11) is 0. The standard InChI is InChI=1S/C14H23NO4/c1-3-12(16)18-11-10-15-13(17)19-14(4-2)8-6-5-7-9-14/h3H,1,4-11H2,2H3,(H,15,17). The topological polar surface area (TPSA) is 64.6 Å². The predicted octanol–water partition coefficient (Wildman–Crippen LogP) is 2.55. The summed E-state index contributed by atoms with van der Waals surface area (Å²) in [5, 5.41) is 2.60. The van der Waals surface area contributed by atoms with Crippen LogP contribution < -0.4 is 5.32 Å². The van der Waals surface area contributed by atoms with Crippen LogP contribution in [0.4, 0.5) is 4.79 Å². The molecule has 5 nitrogen and oxygen atoms in total. The fourth-order valence-electron chi connectivity index (χ4n) is 2.32. The first kappa shape index (κ1) is 15.5. The average Bonchev–Trinajstić information content (AvgIpc) is 2.44. The monoisotopic (exact) mass is 269 g/mol. The Bertz CT molecular complexity index is 321. The minimum Gasteiger partial charge on any atom is -0.461 e. The number of carbonyl (C=O) groups is 2. The van der Waals surface area contributed by atoms with Crippen LogP contribution in [-0.4, -0.2) is 30.8 Å². The molecule has 1 N–H and O–H groups in total. The molecule has 0 unspecified atom stereocenters. The smallest absolute Gasteiger partial charge is 0.407 e. The highest BCUT2D eigenvalue weighted by Crippen LogP contribution is 2.34. The molecular formula is C14H23NO4. The quantitative estimate of drug-likeness (QED) is 0.457. The molecule has 0 heterocycles. The summed E-state index contributed by atoms with van der Waals surface area (Å²) in [5.41, 5.74) is -0.305. The van der Waals surface area contributed by atoms with E-state index in [4.69, 9.17) is 9.47 Å². The Hall–Kier alpha value is -1.52. The number of nitrogens with one attached hydrogen (secondary N) is 1. The molecule has 1 amide bonds. The van der Waals surface area contributed by atoms with E-state index in [-0.39, 0.29) is 18.8 Å². The highest BCUT2D eigenvalue weighted by molar-refractivity contribution is 5.81. The van der Waals surface area contributed by atoms with Crippen molar-refractivity contribution in [3.8, 4) is 0 Å². The van der Waals surface area contributed by atoms with Crippen LogP contribution in [0.3, 0.4) is 0 Å². The summed E-state index contributed by atoms with van der Waals surface area (Å²) >= 11 is 0. The van der Waals surface area contributed by atoms with E-state index < -0.39 is 12.1 Å². The van der Waals surface area contributed by atoms with E-state index >= 15 is 0 Å². The number of hydrogen-bond donors (Lipinski definition) is 1. The second-order valence-electron chi connectivity index (χ2n) is 4.79. The molecule has 0 bridgehead atoms. The van der Waals surface area contributed by atoms with Crippen molar-refractivity contribution in [3.05, 3.63) is 12.7 Å². The number of rotatable bonds is 6. The molecule has 0 aliphatic heterocycles. The molecular weight excluding hydrogens is 246 g/mol. The molecule has 1 saturated carbocycles.